The number of carboxylic acid groups (broad SMARTS) is 1. The molecule has 0 amide bonds. The summed E-state index contributed by atoms with van der Waals surface area (Å²) in [5.41, 5.74) is 4.96. The van der Waals surface area contributed by atoms with Crippen LogP contribution in [0.3, 0.4) is 0 Å². The topological polar surface area (TPSA) is 78.4 Å². The Kier molecular flexibility index (Phi) is 4.82. The maximum atomic E-state index is 13.8. The maximum absolute atomic E-state index is 13.8. The largest absolute Gasteiger partial charge is 0.495 e. The lowest BCUT2D eigenvalue weighted by molar-refractivity contribution is 0.0697. The molecule has 0 aliphatic carbocycles. The summed E-state index contributed by atoms with van der Waals surface area (Å²) in [6, 6.07) is 18.2. The van der Waals surface area contributed by atoms with Crippen molar-refractivity contribution in [3.63, 3.8) is 0 Å². The second kappa shape index (κ2) is 7.70. The molecule has 5 aromatic rings. The molecule has 1 N–H and O–H groups in total. The highest BCUT2D eigenvalue weighted by atomic mass is 16.5. The van der Waals surface area contributed by atoms with Gasteiger partial charge >= 0.3 is 11.7 Å². The molecule has 2 heterocycles. The Hall–Kier alpha value is -4.26. The molecule has 7 nitrogen and oxygen atoms in total. The number of imidazole rings is 1. The van der Waals surface area contributed by atoms with Crippen LogP contribution in [0.15, 0.2) is 71.7 Å². The fourth-order valence-electron chi connectivity index (χ4n) is 4.61. The van der Waals surface area contributed by atoms with Crippen molar-refractivity contribution in [2.75, 3.05) is 7.11 Å². The third-order valence-electron chi connectivity index (χ3n) is 6.13. The zero-order valence-electron chi connectivity index (χ0n) is 18.6. The van der Waals surface area contributed by atoms with Gasteiger partial charge in [-0.05, 0) is 54.4 Å². The first kappa shape index (κ1) is 20.6. The molecular formula is C26H23N3O4. The van der Waals surface area contributed by atoms with Crippen LogP contribution in [0, 0.1) is 6.92 Å². The van der Waals surface area contributed by atoms with Crippen molar-refractivity contribution in [3.05, 3.63) is 94.0 Å². The standard InChI is InChI=1S/C26H23N3O4/c1-16-7-6-10-21-24(16)18(14-27(21)2)15-28-19-8-4-5-9-20(19)29(26(28)32)22-13-17(25(30)31)11-12-23(22)33-3/h4-14H,15H2,1-3H3,(H,30,31). The van der Waals surface area contributed by atoms with Crippen molar-refractivity contribution in [2.24, 2.45) is 7.05 Å². The number of para-hydroxylation sites is 2. The number of carboxylic acids is 1. The molecule has 0 saturated heterocycles. The lowest BCUT2D eigenvalue weighted by Crippen LogP contribution is -2.24. The SMILES string of the molecule is COc1ccc(C(=O)O)cc1-n1c(=O)n(Cc2cn(C)c3cccc(C)c23)c2ccccc21. The summed E-state index contributed by atoms with van der Waals surface area (Å²) in [5.74, 6) is -0.645. The van der Waals surface area contributed by atoms with E-state index in [1.165, 1.54) is 23.8 Å². The highest BCUT2D eigenvalue weighted by molar-refractivity contribution is 5.90. The van der Waals surface area contributed by atoms with Crippen LogP contribution < -0.4 is 10.4 Å². The van der Waals surface area contributed by atoms with Crippen LogP contribution >= 0.6 is 0 Å². The number of ether oxygens (including phenoxy) is 1. The molecule has 0 atom stereocenters. The Bertz CT molecular complexity index is 1600. The van der Waals surface area contributed by atoms with E-state index in [2.05, 4.69) is 29.8 Å². The van der Waals surface area contributed by atoms with Gasteiger partial charge < -0.3 is 14.4 Å². The van der Waals surface area contributed by atoms with Crippen molar-refractivity contribution in [1.29, 1.82) is 0 Å². The average Bonchev–Trinajstić information content (AvgIpc) is 3.28. The molecule has 3 aromatic carbocycles. The van der Waals surface area contributed by atoms with Crippen LogP contribution in [0.5, 0.6) is 5.75 Å². The van der Waals surface area contributed by atoms with Crippen LogP contribution in [0.2, 0.25) is 0 Å². The summed E-state index contributed by atoms with van der Waals surface area (Å²) >= 11 is 0. The zero-order chi connectivity index (χ0) is 23.3. The summed E-state index contributed by atoms with van der Waals surface area (Å²) in [5, 5.41) is 10.6. The van der Waals surface area contributed by atoms with Gasteiger partial charge in [0.25, 0.3) is 0 Å². The van der Waals surface area contributed by atoms with E-state index in [4.69, 9.17) is 4.74 Å². The highest BCUT2D eigenvalue weighted by Crippen LogP contribution is 2.29. The van der Waals surface area contributed by atoms with Gasteiger partial charge in [0.1, 0.15) is 5.75 Å². The lowest BCUT2D eigenvalue weighted by atomic mass is 10.1. The molecule has 0 spiro atoms. The number of rotatable bonds is 5. The number of benzene rings is 3. The second-order valence-corrected chi connectivity index (χ2v) is 8.12. The number of nitrogens with zero attached hydrogens (tertiary/aromatic N) is 3. The molecule has 0 unspecified atom stereocenters. The van der Waals surface area contributed by atoms with E-state index in [1.807, 2.05) is 37.4 Å². The van der Waals surface area contributed by atoms with E-state index < -0.39 is 5.97 Å². The van der Waals surface area contributed by atoms with E-state index >= 15 is 0 Å². The average molecular weight is 441 g/mol. The lowest BCUT2D eigenvalue weighted by Gasteiger charge is -2.10. The summed E-state index contributed by atoms with van der Waals surface area (Å²) in [4.78, 5) is 25.4. The summed E-state index contributed by atoms with van der Waals surface area (Å²) in [6.45, 7) is 2.45. The molecule has 0 saturated carbocycles. The van der Waals surface area contributed by atoms with E-state index in [0.717, 1.165) is 27.5 Å². The zero-order valence-corrected chi connectivity index (χ0v) is 18.6. The van der Waals surface area contributed by atoms with Gasteiger partial charge in [-0.2, -0.15) is 0 Å². The molecule has 166 valence electrons. The quantitative estimate of drug-likeness (QED) is 0.440. The smallest absolute Gasteiger partial charge is 0.335 e. The minimum atomic E-state index is -1.07. The number of aromatic carboxylic acids is 1. The van der Waals surface area contributed by atoms with E-state index in [1.54, 1.807) is 10.6 Å². The fraction of sp³-hybridized carbons (Fsp3) is 0.154. The predicted molar refractivity (Wildman–Crippen MR) is 128 cm³/mol. The van der Waals surface area contributed by atoms with Crippen LogP contribution in [0.4, 0.5) is 0 Å². The monoisotopic (exact) mass is 441 g/mol. The molecule has 5 rings (SSSR count). The fourth-order valence-corrected chi connectivity index (χ4v) is 4.61. The number of aryl methyl sites for hydroxylation is 2. The number of carbonyl (C=O) groups is 1. The van der Waals surface area contributed by atoms with Gasteiger partial charge in [-0.1, -0.05) is 24.3 Å². The van der Waals surface area contributed by atoms with Gasteiger partial charge in [0, 0.05) is 24.1 Å². The minimum absolute atomic E-state index is 0.0826. The van der Waals surface area contributed by atoms with Gasteiger partial charge in [-0.3, -0.25) is 9.13 Å². The Morgan fingerprint density at radius 1 is 1.00 bits per heavy atom. The van der Waals surface area contributed by atoms with Crippen LogP contribution in [0.1, 0.15) is 21.5 Å². The molecule has 0 bridgehead atoms. The van der Waals surface area contributed by atoms with Gasteiger partial charge in [-0.15, -0.1) is 0 Å². The Labute approximate surface area is 189 Å². The normalized spacial score (nSPS) is 11.4. The van der Waals surface area contributed by atoms with Crippen molar-refractivity contribution in [1.82, 2.24) is 13.7 Å². The Morgan fingerprint density at radius 2 is 1.73 bits per heavy atom. The highest BCUT2D eigenvalue weighted by Gasteiger charge is 2.20. The number of hydrogen-bond acceptors (Lipinski definition) is 3. The molecular weight excluding hydrogens is 418 g/mol. The van der Waals surface area contributed by atoms with Gasteiger partial charge in [0.2, 0.25) is 0 Å². The van der Waals surface area contributed by atoms with Gasteiger partial charge in [0.05, 0.1) is 35.9 Å². The minimum Gasteiger partial charge on any atom is -0.495 e. The number of methoxy groups -OCH3 is 1. The third kappa shape index (κ3) is 3.20. The van der Waals surface area contributed by atoms with E-state index in [9.17, 15) is 14.7 Å². The Balaban J connectivity index is 1.77. The molecule has 0 fully saturated rings. The summed E-state index contributed by atoms with van der Waals surface area (Å²) < 4.78 is 10.8. The number of hydrogen-bond donors (Lipinski definition) is 1. The predicted octanol–water partition coefficient (Wildman–Crippen LogP) is 4.35. The third-order valence-corrected chi connectivity index (χ3v) is 6.13. The Morgan fingerprint density at radius 3 is 2.45 bits per heavy atom. The molecule has 0 radical (unpaired) electrons. The second-order valence-electron chi connectivity index (χ2n) is 8.12. The van der Waals surface area contributed by atoms with E-state index in [0.29, 0.717) is 23.5 Å². The van der Waals surface area contributed by atoms with Gasteiger partial charge in [-0.25, -0.2) is 9.59 Å². The first-order valence-corrected chi connectivity index (χ1v) is 10.6. The van der Waals surface area contributed by atoms with Crippen molar-refractivity contribution in [3.8, 4) is 11.4 Å². The van der Waals surface area contributed by atoms with Crippen LogP contribution in [-0.2, 0) is 13.6 Å². The first-order chi connectivity index (χ1) is 15.9. The summed E-state index contributed by atoms with van der Waals surface area (Å²) in [7, 11) is 3.50. The van der Waals surface area contributed by atoms with E-state index in [-0.39, 0.29) is 11.3 Å². The van der Waals surface area contributed by atoms with Crippen LogP contribution in [0.25, 0.3) is 27.6 Å². The van der Waals surface area contributed by atoms with Crippen molar-refractivity contribution in [2.45, 2.75) is 13.5 Å². The van der Waals surface area contributed by atoms with Crippen LogP contribution in [-0.4, -0.2) is 31.9 Å². The molecule has 0 aliphatic heterocycles. The number of fused-ring (bicyclic) bond motifs is 2. The maximum Gasteiger partial charge on any atom is 0.335 e. The first-order valence-electron chi connectivity index (χ1n) is 10.6. The van der Waals surface area contributed by atoms with Crippen molar-refractivity contribution >= 4 is 27.9 Å². The molecule has 0 aliphatic rings. The van der Waals surface area contributed by atoms with Gasteiger partial charge in [0.15, 0.2) is 0 Å². The molecule has 7 heteroatoms. The molecule has 2 aromatic heterocycles. The summed E-state index contributed by atoms with van der Waals surface area (Å²) in [6.07, 6.45) is 2.06. The van der Waals surface area contributed by atoms with Crippen molar-refractivity contribution < 1.29 is 14.6 Å². The molecule has 33 heavy (non-hydrogen) atoms. The number of aromatic nitrogens is 3.